The van der Waals surface area contributed by atoms with E-state index in [9.17, 15) is 24.3 Å². The fourth-order valence-corrected chi connectivity index (χ4v) is 7.28. The topological polar surface area (TPSA) is 167 Å². The summed E-state index contributed by atoms with van der Waals surface area (Å²) in [6.07, 6.45) is 5.46. The Kier molecular flexibility index (Phi) is 11.7. The van der Waals surface area contributed by atoms with E-state index >= 15 is 0 Å². The third-order valence-electron chi connectivity index (χ3n) is 9.70. The van der Waals surface area contributed by atoms with Crippen LogP contribution in [0.25, 0.3) is 10.9 Å². The van der Waals surface area contributed by atoms with Gasteiger partial charge in [0.1, 0.15) is 6.04 Å². The van der Waals surface area contributed by atoms with Gasteiger partial charge in [-0.05, 0) is 69.6 Å². The van der Waals surface area contributed by atoms with Crippen LogP contribution < -0.4 is 21.7 Å². The second-order valence-corrected chi connectivity index (χ2v) is 14.7. The maximum atomic E-state index is 13.8. The molecule has 2 heterocycles. The molecule has 1 saturated carbocycles. The van der Waals surface area contributed by atoms with Gasteiger partial charge in [-0.2, -0.15) is 0 Å². The number of benzene rings is 2. The van der Waals surface area contributed by atoms with Gasteiger partial charge in [0.05, 0.1) is 35.7 Å². The molecule has 49 heavy (non-hydrogen) atoms. The lowest BCUT2D eigenvalue weighted by Gasteiger charge is -2.47. The summed E-state index contributed by atoms with van der Waals surface area (Å²) in [4.78, 5) is 59.2. The molecular weight excluding hydrogens is 620 g/mol. The molecule has 2 fully saturated rings. The van der Waals surface area contributed by atoms with Gasteiger partial charge in [-0.15, -0.1) is 0 Å². The Hall–Kier alpha value is -4.35. The number of nitrogens with two attached hydrogens (primary N) is 1. The molecule has 5 rings (SSSR count). The Balaban J connectivity index is 1.35. The summed E-state index contributed by atoms with van der Waals surface area (Å²) in [5.74, 6) is -1.13. The number of aliphatic hydroxyl groups is 1. The highest BCUT2D eigenvalue weighted by Crippen LogP contribution is 2.39. The third-order valence-corrected chi connectivity index (χ3v) is 9.70. The standard InChI is InChI=1S/C38H50N6O5/c1-38(2,3)43-37(49)32-19-25-13-7-8-15-27(25)22-44(32)23-33(45)30(17-24-11-5-4-6-12-24)41-36(48)31(20-34(39)46)42-35(47)28-18-26-14-9-10-16-29(26)40-21-28/h4-6,9-12,14,16,18,21,25,27,30-33,45H,7-8,13,15,17,19-20,22-23H2,1-3H3,(H2,39,46)(H,41,48)(H,42,47)(H,43,49)/t25-,27+,30-,31-,32-,33+/m0/s1. The Labute approximate surface area is 288 Å². The summed E-state index contributed by atoms with van der Waals surface area (Å²) < 4.78 is 0. The maximum Gasteiger partial charge on any atom is 0.253 e. The molecule has 11 heteroatoms. The fourth-order valence-electron chi connectivity index (χ4n) is 7.28. The molecule has 0 radical (unpaired) electrons. The van der Waals surface area contributed by atoms with Crippen LogP contribution in [0.15, 0.2) is 66.9 Å². The first kappa shape index (κ1) is 35.9. The number of rotatable bonds is 12. The van der Waals surface area contributed by atoms with E-state index in [1.807, 2.05) is 75.4 Å². The van der Waals surface area contributed by atoms with E-state index < -0.39 is 53.9 Å². The van der Waals surface area contributed by atoms with Crippen molar-refractivity contribution >= 4 is 34.5 Å². The molecule has 1 aromatic heterocycles. The van der Waals surface area contributed by atoms with Crippen LogP contribution >= 0.6 is 0 Å². The number of nitrogens with one attached hydrogen (secondary N) is 3. The lowest BCUT2D eigenvalue weighted by Crippen LogP contribution is -2.61. The van der Waals surface area contributed by atoms with E-state index in [0.717, 1.165) is 36.6 Å². The van der Waals surface area contributed by atoms with Crippen molar-refractivity contribution in [2.45, 2.75) is 95.5 Å². The van der Waals surface area contributed by atoms with E-state index in [2.05, 4.69) is 25.8 Å². The number of piperidine rings is 1. The highest BCUT2D eigenvalue weighted by molar-refractivity contribution is 6.00. The number of amides is 4. The number of hydrogen-bond donors (Lipinski definition) is 5. The lowest BCUT2D eigenvalue weighted by molar-refractivity contribution is -0.133. The van der Waals surface area contributed by atoms with E-state index in [-0.39, 0.29) is 18.0 Å². The minimum Gasteiger partial charge on any atom is -0.390 e. The first-order valence-electron chi connectivity index (χ1n) is 17.4. The molecule has 3 aromatic rings. The van der Waals surface area contributed by atoms with Crippen molar-refractivity contribution in [1.82, 2.24) is 25.8 Å². The molecule has 6 atom stereocenters. The number of β-amino-alcohol motifs (C(OH)–C–C–N with tert-alkyl or cyclic N) is 1. The van der Waals surface area contributed by atoms with Crippen LogP contribution in [0.3, 0.4) is 0 Å². The van der Waals surface area contributed by atoms with Crippen molar-refractivity contribution in [3.8, 4) is 0 Å². The van der Waals surface area contributed by atoms with Crippen LogP contribution in [0.1, 0.15) is 75.2 Å². The van der Waals surface area contributed by atoms with Crippen LogP contribution in [0.5, 0.6) is 0 Å². The summed E-state index contributed by atoms with van der Waals surface area (Å²) in [5, 5.41) is 21.3. The van der Waals surface area contributed by atoms with Gasteiger partial charge in [-0.25, -0.2) is 0 Å². The van der Waals surface area contributed by atoms with Crippen LogP contribution in [0.4, 0.5) is 0 Å². The average molecular weight is 671 g/mol. The normalized spacial score (nSPS) is 21.5. The van der Waals surface area contributed by atoms with E-state index in [4.69, 9.17) is 5.73 Å². The van der Waals surface area contributed by atoms with Crippen LogP contribution in [0, 0.1) is 11.8 Å². The van der Waals surface area contributed by atoms with E-state index in [0.29, 0.717) is 30.3 Å². The molecule has 1 saturated heterocycles. The van der Waals surface area contributed by atoms with Gasteiger partial charge in [0.2, 0.25) is 17.7 Å². The predicted octanol–water partition coefficient (Wildman–Crippen LogP) is 3.09. The Morgan fingerprint density at radius 3 is 2.39 bits per heavy atom. The molecule has 0 bridgehead atoms. The minimum atomic E-state index is -1.29. The number of aliphatic hydroxyl groups excluding tert-OH is 1. The zero-order valence-electron chi connectivity index (χ0n) is 28.7. The maximum absolute atomic E-state index is 13.8. The first-order chi connectivity index (χ1) is 23.4. The lowest BCUT2D eigenvalue weighted by atomic mass is 9.72. The predicted molar refractivity (Wildman–Crippen MR) is 188 cm³/mol. The largest absolute Gasteiger partial charge is 0.390 e. The number of primary amides is 1. The van der Waals surface area contributed by atoms with Crippen molar-refractivity contribution in [2.75, 3.05) is 13.1 Å². The number of aromatic nitrogens is 1. The smallest absolute Gasteiger partial charge is 0.253 e. The quantitative estimate of drug-likeness (QED) is 0.198. The van der Waals surface area contributed by atoms with Gasteiger partial charge < -0.3 is 26.8 Å². The number of hydrogen-bond acceptors (Lipinski definition) is 7. The average Bonchev–Trinajstić information content (AvgIpc) is 3.06. The minimum absolute atomic E-state index is 0.0558. The number of carbonyl (C=O) groups is 4. The molecule has 4 amide bonds. The molecule has 0 unspecified atom stereocenters. The molecular formula is C38H50N6O5. The third kappa shape index (κ3) is 9.86. The van der Waals surface area contributed by atoms with Gasteiger partial charge in [0, 0.05) is 30.2 Å². The number of para-hydroxylation sites is 1. The van der Waals surface area contributed by atoms with Crippen LogP contribution in [-0.4, -0.2) is 81.5 Å². The zero-order valence-corrected chi connectivity index (χ0v) is 28.7. The summed E-state index contributed by atoms with van der Waals surface area (Å²) in [7, 11) is 0. The summed E-state index contributed by atoms with van der Waals surface area (Å²) in [6, 6.07) is 16.0. The summed E-state index contributed by atoms with van der Waals surface area (Å²) >= 11 is 0. The highest BCUT2D eigenvalue weighted by atomic mass is 16.3. The van der Waals surface area contributed by atoms with Gasteiger partial charge in [-0.3, -0.25) is 29.1 Å². The van der Waals surface area contributed by atoms with Gasteiger partial charge in [0.25, 0.3) is 5.91 Å². The van der Waals surface area contributed by atoms with Gasteiger partial charge in [-0.1, -0.05) is 67.8 Å². The SMILES string of the molecule is CC(C)(C)NC(=O)[C@@H]1C[C@@H]2CCCC[C@@H]2CN1C[C@@H](O)[C@H](Cc1ccccc1)NC(=O)[C@H](CC(N)=O)NC(=O)c1cnc2ccccc2c1. The molecule has 2 aromatic carbocycles. The second-order valence-electron chi connectivity index (χ2n) is 14.7. The van der Waals surface area contributed by atoms with Crippen molar-refractivity contribution < 1.29 is 24.3 Å². The van der Waals surface area contributed by atoms with Crippen molar-refractivity contribution in [1.29, 1.82) is 0 Å². The molecule has 1 aliphatic carbocycles. The van der Waals surface area contributed by atoms with Crippen molar-refractivity contribution in [2.24, 2.45) is 17.6 Å². The molecule has 262 valence electrons. The van der Waals surface area contributed by atoms with Crippen molar-refractivity contribution in [3.63, 3.8) is 0 Å². The zero-order chi connectivity index (χ0) is 35.1. The number of nitrogens with zero attached hydrogens (tertiary/aromatic N) is 2. The summed E-state index contributed by atoms with van der Waals surface area (Å²) in [5.41, 5.74) is 6.95. The van der Waals surface area contributed by atoms with E-state index in [1.54, 1.807) is 6.07 Å². The monoisotopic (exact) mass is 670 g/mol. The Morgan fingerprint density at radius 2 is 1.67 bits per heavy atom. The van der Waals surface area contributed by atoms with Gasteiger partial charge >= 0.3 is 0 Å². The molecule has 2 aliphatic rings. The molecule has 11 nitrogen and oxygen atoms in total. The number of pyridine rings is 1. The summed E-state index contributed by atoms with van der Waals surface area (Å²) in [6.45, 7) is 6.73. The Bertz CT molecular complexity index is 1630. The highest BCUT2D eigenvalue weighted by Gasteiger charge is 2.42. The van der Waals surface area contributed by atoms with Crippen LogP contribution in [0.2, 0.25) is 0 Å². The second kappa shape index (κ2) is 15.9. The number of carbonyl (C=O) groups excluding carboxylic acids is 4. The number of likely N-dealkylation sites (tertiary alicyclic amines) is 1. The molecule has 6 N–H and O–H groups in total. The fraction of sp³-hybridized carbons (Fsp3) is 0.500. The van der Waals surface area contributed by atoms with Crippen molar-refractivity contribution in [3.05, 3.63) is 78.0 Å². The molecule has 1 aliphatic heterocycles. The number of fused-ring (bicyclic) bond motifs is 2. The van der Waals surface area contributed by atoms with Gasteiger partial charge in [0.15, 0.2) is 0 Å². The molecule has 0 spiro atoms. The first-order valence-corrected chi connectivity index (χ1v) is 17.4. The Morgan fingerprint density at radius 1 is 0.980 bits per heavy atom. The van der Waals surface area contributed by atoms with Crippen LogP contribution in [-0.2, 0) is 20.8 Å². The van der Waals surface area contributed by atoms with E-state index in [1.165, 1.54) is 12.6 Å².